The van der Waals surface area contributed by atoms with Crippen LogP contribution >= 0.6 is 0 Å². The first-order valence-electron chi connectivity index (χ1n) is 5.42. The van der Waals surface area contributed by atoms with Crippen molar-refractivity contribution in [3.63, 3.8) is 0 Å². The Morgan fingerprint density at radius 3 is 2.12 bits per heavy atom. The van der Waals surface area contributed by atoms with Gasteiger partial charge in [0.05, 0.1) is 0 Å². The van der Waals surface area contributed by atoms with Gasteiger partial charge in [-0.3, -0.25) is 0 Å². The third kappa shape index (κ3) is 7.15. The van der Waals surface area contributed by atoms with E-state index in [2.05, 4.69) is 17.2 Å². The summed E-state index contributed by atoms with van der Waals surface area (Å²) in [5.41, 5.74) is 0.0313. The molecule has 0 aromatic heterocycles. The van der Waals surface area contributed by atoms with Gasteiger partial charge in [0.2, 0.25) is 0 Å². The smallest absolute Gasteiger partial charge is 0.408 e. The molecule has 4 nitrogen and oxygen atoms in total. The summed E-state index contributed by atoms with van der Waals surface area (Å²) in [6, 6.07) is 0. The molecule has 4 heteroatoms. The molecule has 0 atom stereocenters. The largest absolute Gasteiger partial charge is 0.444 e. The average Bonchev–Trinajstić information content (AvgIpc) is 1.97. The topological polar surface area (TPSA) is 50.4 Å². The van der Waals surface area contributed by atoms with Gasteiger partial charge in [-0.05, 0) is 34.6 Å². The number of carbonyl (C=O) groups is 1. The second-order valence-corrected chi connectivity index (χ2v) is 5.54. The van der Waals surface area contributed by atoms with E-state index in [4.69, 9.17) is 4.74 Å². The molecule has 94 valence electrons. The minimum absolute atomic E-state index is 0.373. The van der Waals surface area contributed by atoms with Gasteiger partial charge in [-0.25, -0.2) is 4.79 Å². The van der Waals surface area contributed by atoms with Crippen molar-refractivity contribution < 1.29 is 9.53 Å². The zero-order valence-corrected chi connectivity index (χ0v) is 11.2. The van der Waals surface area contributed by atoms with Crippen molar-refractivity contribution in [1.82, 2.24) is 10.6 Å². The van der Waals surface area contributed by atoms with Crippen LogP contribution in [0.3, 0.4) is 0 Å². The van der Waals surface area contributed by atoms with Crippen LogP contribution in [-0.2, 0) is 4.74 Å². The van der Waals surface area contributed by atoms with E-state index in [1.54, 1.807) is 0 Å². The first kappa shape index (κ1) is 14.8. The minimum atomic E-state index is -0.472. The van der Waals surface area contributed by atoms with Gasteiger partial charge >= 0.3 is 6.09 Å². The van der Waals surface area contributed by atoms with Gasteiger partial charge in [-0.1, -0.05) is 6.58 Å². The highest BCUT2D eigenvalue weighted by molar-refractivity contribution is 5.68. The van der Waals surface area contributed by atoms with Crippen molar-refractivity contribution in [2.45, 2.75) is 52.2 Å². The fourth-order valence-electron chi connectivity index (χ4n) is 1.25. The van der Waals surface area contributed by atoms with E-state index < -0.39 is 11.7 Å². The lowest BCUT2D eigenvalue weighted by molar-refractivity contribution is 0.0472. The molecular formula is C12H24N2O2. The average molecular weight is 228 g/mol. The zero-order chi connectivity index (χ0) is 13.0. The number of amides is 1. The Morgan fingerprint density at radius 1 is 1.25 bits per heavy atom. The molecule has 0 saturated carbocycles. The lowest BCUT2D eigenvalue weighted by Crippen LogP contribution is -2.46. The molecule has 0 rings (SSSR count). The maximum absolute atomic E-state index is 11.6. The van der Waals surface area contributed by atoms with Crippen LogP contribution in [0, 0.1) is 0 Å². The second-order valence-electron chi connectivity index (χ2n) is 5.54. The van der Waals surface area contributed by atoms with E-state index in [-0.39, 0.29) is 5.54 Å². The third-order valence-corrected chi connectivity index (χ3v) is 1.85. The van der Waals surface area contributed by atoms with E-state index in [1.807, 2.05) is 41.7 Å². The molecule has 0 heterocycles. The Bertz CT molecular complexity index is 265. The normalized spacial score (nSPS) is 11.9. The predicted octanol–water partition coefficient (Wildman–Crippen LogP) is 2.41. The fourth-order valence-corrected chi connectivity index (χ4v) is 1.25. The van der Waals surface area contributed by atoms with Crippen LogP contribution < -0.4 is 10.6 Å². The number of nitrogens with one attached hydrogen (secondary N) is 2. The van der Waals surface area contributed by atoms with E-state index >= 15 is 0 Å². The summed E-state index contributed by atoms with van der Waals surface area (Å²) in [7, 11) is 1.81. The number of rotatable bonds is 4. The fraction of sp³-hybridized carbons (Fsp3) is 0.750. The summed E-state index contributed by atoms with van der Waals surface area (Å²) >= 11 is 0. The van der Waals surface area contributed by atoms with Crippen LogP contribution in [0.4, 0.5) is 4.79 Å². The van der Waals surface area contributed by atoms with Crippen LogP contribution in [0.1, 0.15) is 41.0 Å². The van der Waals surface area contributed by atoms with Crippen LogP contribution in [-0.4, -0.2) is 24.3 Å². The van der Waals surface area contributed by atoms with Crippen LogP contribution in [0.15, 0.2) is 12.3 Å². The molecule has 0 fully saturated rings. The lowest BCUT2D eigenvalue weighted by Gasteiger charge is -2.29. The maximum atomic E-state index is 11.6. The molecular weight excluding hydrogens is 204 g/mol. The van der Waals surface area contributed by atoms with Crippen LogP contribution in [0.25, 0.3) is 0 Å². The van der Waals surface area contributed by atoms with Crippen molar-refractivity contribution in [3.8, 4) is 0 Å². The monoisotopic (exact) mass is 228 g/mol. The molecule has 0 aliphatic rings. The molecule has 0 aliphatic heterocycles. The SMILES string of the molecule is C=C(CC(C)(C)NC(=O)OC(C)(C)C)NC. The second kappa shape index (κ2) is 5.23. The predicted molar refractivity (Wildman–Crippen MR) is 66.3 cm³/mol. The quantitative estimate of drug-likeness (QED) is 0.777. The molecule has 1 amide bonds. The van der Waals surface area contributed by atoms with Gasteiger partial charge in [0, 0.05) is 24.7 Å². The van der Waals surface area contributed by atoms with Gasteiger partial charge in [0.15, 0.2) is 0 Å². The van der Waals surface area contributed by atoms with Gasteiger partial charge in [0.25, 0.3) is 0 Å². The highest BCUT2D eigenvalue weighted by Crippen LogP contribution is 2.14. The molecule has 0 bridgehead atoms. The molecule has 0 aliphatic carbocycles. The molecule has 16 heavy (non-hydrogen) atoms. The van der Waals surface area contributed by atoms with Gasteiger partial charge in [-0.15, -0.1) is 0 Å². The number of alkyl carbamates (subject to hydrolysis) is 1. The van der Waals surface area contributed by atoms with Gasteiger partial charge < -0.3 is 15.4 Å². The standard InChI is InChI=1S/C12H24N2O2/c1-9(13-7)8-12(5,6)14-10(15)16-11(2,3)4/h13H,1,8H2,2-7H3,(H,14,15). The highest BCUT2D eigenvalue weighted by Gasteiger charge is 2.24. The summed E-state index contributed by atoms with van der Waals surface area (Å²) in [5, 5.41) is 5.77. The molecule has 0 spiro atoms. The summed E-state index contributed by atoms with van der Waals surface area (Å²) in [4.78, 5) is 11.6. The molecule has 0 unspecified atom stereocenters. The molecule has 0 aromatic rings. The van der Waals surface area contributed by atoms with Crippen LogP contribution in [0.2, 0.25) is 0 Å². The zero-order valence-electron chi connectivity index (χ0n) is 11.2. The van der Waals surface area contributed by atoms with Gasteiger partial charge in [0.1, 0.15) is 5.60 Å². The Hall–Kier alpha value is -1.19. The number of carbonyl (C=O) groups excluding carboxylic acids is 1. The van der Waals surface area contributed by atoms with Gasteiger partial charge in [-0.2, -0.15) is 0 Å². The minimum Gasteiger partial charge on any atom is -0.444 e. The van der Waals surface area contributed by atoms with Crippen molar-refractivity contribution in [1.29, 1.82) is 0 Å². The van der Waals surface area contributed by atoms with E-state index in [9.17, 15) is 4.79 Å². The van der Waals surface area contributed by atoms with Crippen molar-refractivity contribution in [2.75, 3.05) is 7.05 Å². The molecule has 0 saturated heterocycles. The number of hydrogen-bond donors (Lipinski definition) is 2. The number of hydrogen-bond acceptors (Lipinski definition) is 3. The summed E-state index contributed by atoms with van der Waals surface area (Å²) in [6.07, 6.45) is 0.254. The van der Waals surface area contributed by atoms with Crippen LogP contribution in [0.5, 0.6) is 0 Å². The molecule has 0 radical (unpaired) electrons. The molecule has 2 N–H and O–H groups in total. The Morgan fingerprint density at radius 2 is 1.75 bits per heavy atom. The highest BCUT2D eigenvalue weighted by atomic mass is 16.6. The lowest BCUT2D eigenvalue weighted by atomic mass is 9.99. The van der Waals surface area contributed by atoms with E-state index in [0.717, 1.165) is 5.70 Å². The van der Waals surface area contributed by atoms with Crippen molar-refractivity contribution in [2.24, 2.45) is 0 Å². The maximum Gasteiger partial charge on any atom is 0.408 e. The Kier molecular flexibility index (Phi) is 4.84. The first-order valence-corrected chi connectivity index (χ1v) is 5.42. The van der Waals surface area contributed by atoms with E-state index in [1.165, 1.54) is 0 Å². The van der Waals surface area contributed by atoms with Crippen molar-refractivity contribution in [3.05, 3.63) is 12.3 Å². The first-order chi connectivity index (χ1) is 7.06. The number of ether oxygens (including phenoxy) is 1. The molecule has 0 aromatic carbocycles. The van der Waals surface area contributed by atoms with E-state index in [0.29, 0.717) is 6.42 Å². The summed E-state index contributed by atoms with van der Waals surface area (Å²) in [5.74, 6) is 0. The Labute approximate surface area is 98.4 Å². The summed E-state index contributed by atoms with van der Waals surface area (Å²) in [6.45, 7) is 13.2. The Balaban J connectivity index is 4.26. The summed E-state index contributed by atoms with van der Waals surface area (Å²) < 4.78 is 5.19. The van der Waals surface area contributed by atoms with Crippen molar-refractivity contribution >= 4 is 6.09 Å². The third-order valence-electron chi connectivity index (χ3n) is 1.85.